The maximum absolute atomic E-state index is 12.0. The topological polar surface area (TPSA) is 92.2 Å². The molecule has 6 heteroatoms. The van der Waals surface area contributed by atoms with Gasteiger partial charge in [0, 0.05) is 18.9 Å². The number of carbonyl (C=O) groups is 2. The molecule has 6 nitrogen and oxygen atoms in total. The van der Waals surface area contributed by atoms with Crippen molar-refractivity contribution in [1.82, 2.24) is 15.3 Å². The maximum atomic E-state index is 12.0. The molecule has 0 unspecified atom stereocenters. The number of aryl methyl sites for hydroxylation is 2. The third-order valence-corrected chi connectivity index (χ3v) is 3.14. The van der Waals surface area contributed by atoms with Gasteiger partial charge in [0.05, 0.1) is 11.3 Å². The summed E-state index contributed by atoms with van der Waals surface area (Å²) in [4.78, 5) is 31.0. The summed E-state index contributed by atoms with van der Waals surface area (Å²) in [6.45, 7) is 3.85. The van der Waals surface area contributed by atoms with Crippen LogP contribution < -0.4 is 5.32 Å². The first-order valence-corrected chi connectivity index (χ1v) is 6.37. The predicted molar refractivity (Wildman–Crippen MR) is 76.1 cm³/mol. The molecule has 0 bridgehead atoms. The van der Waals surface area contributed by atoms with Gasteiger partial charge in [-0.25, -0.2) is 9.78 Å². The predicted octanol–water partition coefficient (Wildman–Crippen LogP) is 1.72. The zero-order valence-electron chi connectivity index (χ0n) is 11.8. The highest BCUT2D eigenvalue weighted by Crippen LogP contribution is 2.08. The van der Waals surface area contributed by atoms with E-state index >= 15 is 0 Å². The smallest absolute Gasteiger partial charge is 0.337 e. The highest BCUT2D eigenvalue weighted by Gasteiger charge is 2.13. The van der Waals surface area contributed by atoms with Gasteiger partial charge in [0.25, 0.3) is 5.91 Å². The SMILES string of the molecule is Cc1ccncc1CNC(=O)c1ccc(C(=O)O)c(C)n1. The number of pyridine rings is 2. The Bertz CT molecular complexity index is 698. The molecule has 0 saturated carbocycles. The average Bonchev–Trinajstić information content (AvgIpc) is 2.45. The van der Waals surface area contributed by atoms with Gasteiger partial charge in [-0.2, -0.15) is 0 Å². The number of nitrogens with zero attached hydrogens (tertiary/aromatic N) is 2. The summed E-state index contributed by atoms with van der Waals surface area (Å²) in [7, 11) is 0. The van der Waals surface area contributed by atoms with E-state index in [-0.39, 0.29) is 17.2 Å². The van der Waals surface area contributed by atoms with Gasteiger partial charge in [-0.1, -0.05) is 0 Å². The highest BCUT2D eigenvalue weighted by atomic mass is 16.4. The maximum Gasteiger partial charge on any atom is 0.337 e. The first kappa shape index (κ1) is 14.6. The molecule has 0 atom stereocenters. The zero-order valence-corrected chi connectivity index (χ0v) is 11.8. The number of aromatic nitrogens is 2. The second-order valence-electron chi connectivity index (χ2n) is 4.62. The van der Waals surface area contributed by atoms with Crippen molar-refractivity contribution in [2.24, 2.45) is 0 Å². The number of carbonyl (C=O) groups excluding carboxylic acids is 1. The van der Waals surface area contributed by atoms with Gasteiger partial charge >= 0.3 is 5.97 Å². The Balaban J connectivity index is 2.09. The van der Waals surface area contributed by atoms with Crippen molar-refractivity contribution in [3.63, 3.8) is 0 Å². The van der Waals surface area contributed by atoms with Gasteiger partial charge in [-0.05, 0) is 43.2 Å². The van der Waals surface area contributed by atoms with Crippen LogP contribution in [0.4, 0.5) is 0 Å². The molecule has 2 aromatic heterocycles. The van der Waals surface area contributed by atoms with Gasteiger partial charge in [0.2, 0.25) is 0 Å². The molecule has 0 aliphatic rings. The Labute approximate surface area is 121 Å². The summed E-state index contributed by atoms with van der Waals surface area (Å²) in [6.07, 6.45) is 3.39. The van der Waals surface area contributed by atoms with Crippen molar-refractivity contribution in [1.29, 1.82) is 0 Å². The van der Waals surface area contributed by atoms with E-state index in [9.17, 15) is 9.59 Å². The van der Waals surface area contributed by atoms with Gasteiger partial charge in [-0.15, -0.1) is 0 Å². The standard InChI is InChI=1S/C15H15N3O3/c1-9-5-6-16-7-11(9)8-17-14(19)13-4-3-12(15(20)21)10(2)18-13/h3-7H,8H2,1-2H3,(H,17,19)(H,20,21). The van der Waals surface area contributed by atoms with Crippen LogP contribution in [-0.4, -0.2) is 27.0 Å². The Morgan fingerprint density at radius 1 is 1.24 bits per heavy atom. The minimum atomic E-state index is -1.06. The van der Waals surface area contributed by atoms with Crippen LogP contribution in [0.1, 0.15) is 37.7 Å². The number of rotatable bonds is 4. The van der Waals surface area contributed by atoms with Crippen molar-refractivity contribution < 1.29 is 14.7 Å². The van der Waals surface area contributed by atoms with Crippen LogP contribution in [0.3, 0.4) is 0 Å². The monoisotopic (exact) mass is 285 g/mol. The van der Waals surface area contributed by atoms with Crippen LogP contribution in [0.15, 0.2) is 30.6 Å². The van der Waals surface area contributed by atoms with Crippen LogP contribution in [0.5, 0.6) is 0 Å². The fourth-order valence-electron chi connectivity index (χ4n) is 1.86. The molecular weight excluding hydrogens is 270 g/mol. The number of hydrogen-bond acceptors (Lipinski definition) is 4. The second-order valence-corrected chi connectivity index (χ2v) is 4.62. The molecule has 21 heavy (non-hydrogen) atoms. The second kappa shape index (κ2) is 6.13. The molecule has 0 aliphatic carbocycles. The van der Waals surface area contributed by atoms with Crippen molar-refractivity contribution in [3.8, 4) is 0 Å². The summed E-state index contributed by atoms with van der Waals surface area (Å²) >= 11 is 0. The lowest BCUT2D eigenvalue weighted by molar-refractivity contribution is 0.0694. The number of carboxylic acid groups (broad SMARTS) is 1. The highest BCUT2D eigenvalue weighted by molar-refractivity contribution is 5.94. The number of nitrogens with one attached hydrogen (secondary N) is 1. The Hall–Kier alpha value is -2.76. The molecule has 108 valence electrons. The minimum absolute atomic E-state index is 0.0923. The number of carboxylic acids is 1. The Kier molecular flexibility index (Phi) is 4.27. The van der Waals surface area contributed by atoms with Crippen LogP contribution >= 0.6 is 0 Å². The molecule has 2 heterocycles. The molecule has 0 saturated heterocycles. The van der Waals surface area contributed by atoms with Crippen LogP contribution in [-0.2, 0) is 6.54 Å². The van der Waals surface area contributed by atoms with Crippen molar-refractivity contribution >= 4 is 11.9 Å². The van der Waals surface area contributed by atoms with E-state index in [0.717, 1.165) is 11.1 Å². The summed E-state index contributed by atoms with van der Waals surface area (Å²) in [6, 6.07) is 4.66. The number of hydrogen-bond donors (Lipinski definition) is 2. The lowest BCUT2D eigenvalue weighted by Gasteiger charge is -2.08. The van der Waals surface area contributed by atoms with Crippen LogP contribution in [0, 0.1) is 13.8 Å². The summed E-state index contributed by atoms with van der Waals surface area (Å²) in [5, 5.41) is 11.7. The van der Waals surface area contributed by atoms with Gasteiger partial charge in [-0.3, -0.25) is 9.78 Å². The normalized spacial score (nSPS) is 10.2. The molecule has 0 aromatic carbocycles. The first-order valence-electron chi connectivity index (χ1n) is 6.37. The van der Waals surface area contributed by atoms with Gasteiger partial charge in [0.15, 0.2) is 0 Å². The van der Waals surface area contributed by atoms with Gasteiger partial charge < -0.3 is 10.4 Å². The fraction of sp³-hybridized carbons (Fsp3) is 0.200. The van der Waals surface area contributed by atoms with Crippen molar-refractivity contribution in [2.75, 3.05) is 0 Å². The Morgan fingerprint density at radius 3 is 2.62 bits per heavy atom. The van der Waals surface area contributed by atoms with Crippen LogP contribution in [0.25, 0.3) is 0 Å². The molecule has 0 aliphatic heterocycles. The average molecular weight is 285 g/mol. The Morgan fingerprint density at radius 2 is 2.00 bits per heavy atom. The number of aromatic carboxylic acids is 1. The summed E-state index contributed by atoms with van der Waals surface area (Å²) in [5.74, 6) is -1.41. The molecule has 2 N–H and O–H groups in total. The van der Waals surface area contributed by atoms with E-state index in [0.29, 0.717) is 12.2 Å². The van der Waals surface area contributed by atoms with E-state index in [2.05, 4.69) is 15.3 Å². The first-order chi connectivity index (χ1) is 9.99. The molecule has 0 radical (unpaired) electrons. The fourth-order valence-corrected chi connectivity index (χ4v) is 1.86. The number of amides is 1. The molecule has 0 fully saturated rings. The minimum Gasteiger partial charge on any atom is -0.478 e. The molecule has 2 rings (SSSR count). The van der Waals surface area contributed by atoms with E-state index in [1.54, 1.807) is 19.3 Å². The third kappa shape index (κ3) is 3.42. The van der Waals surface area contributed by atoms with Gasteiger partial charge in [0.1, 0.15) is 5.69 Å². The van der Waals surface area contributed by atoms with Crippen molar-refractivity contribution in [3.05, 3.63) is 58.7 Å². The largest absolute Gasteiger partial charge is 0.478 e. The van der Waals surface area contributed by atoms with E-state index < -0.39 is 5.97 Å². The van der Waals surface area contributed by atoms with E-state index in [1.807, 2.05) is 13.0 Å². The molecule has 1 amide bonds. The van der Waals surface area contributed by atoms with Crippen LogP contribution in [0.2, 0.25) is 0 Å². The van der Waals surface area contributed by atoms with E-state index in [4.69, 9.17) is 5.11 Å². The quantitative estimate of drug-likeness (QED) is 0.892. The summed E-state index contributed by atoms with van der Waals surface area (Å²) in [5.41, 5.74) is 2.56. The molecule has 0 spiro atoms. The van der Waals surface area contributed by atoms with Crippen molar-refractivity contribution in [2.45, 2.75) is 20.4 Å². The third-order valence-electron chi connectivity index (χ3n) is 3.14. The van der Waals surface area contributed by atoms with E-state index in [1.165, 1.54) is 12.1 Å². The summed E-state index contributed by atoms with van der Waals surface area (Å²) < 4.78 is 0. The molecular formula is C15H15N3O3. The molecule has 2 aromatic rings. The lowest BCUT2D eigenvalue weighted by atomic mass is 10.1. The lowest BCUT2D eigenvalue weighted by Crippen LogP contribution is -2.24. The zero-order chi connectivity index (χ0) is 15.4.